The maximum Gasteiger partial charge on any atom is 0.318 e. The topological polar surface area (TPSA) is 43.4 Å². The fourth-order valence-electron chi connectivity index (χ4n) is 0.476. The summed E-state index contributed by atoms with van der Waals surface area (Å²) >= 11 is 0. The molecule has 0 aliphatic heterocycles. The molecule has 70 valence electrons. The van der Waals surface area contributed by atoms with Crippen LogP contribution >= 0.6 is 0 Å². The summed E-state index contributed by atoms with van der Waals surface area (Å²) in [6, 6.07) is 0. The first-order chi connectivity index (χ1) is 5.40. The number of aldehydes is 1. The number of esters is 1. The molecule has 0 atom stereocenters. The minimum atomic E-state index is -1.01. The van der Waals surface area contributed by atoms with E-state index < -0.39 is 11.4 Å². The number of carbonyl (C=O) groups excluding carboxylic acids is 2. The average Bonchev–Trinajstić information content (AvgIpc) is 2.00. The third-order valence-electron chi connectivity index (χ3n) is 1.37. The maximum absolute atomic E-state index is 11.1. The molecule has 0 aliphatic carbocycles. The Morgan fingerprint density at radius 3 is 2.33 bits per heavy atom. The highest BCUT2D eigenvalue weighted by atomic mass is 16.5. The standard InChI is InChI=1S/C9H16O3/c1-7(2)5-12-8(11)9(3,4)6-10/h6-7H,5H2,1-4H3. The highest BCUT2D eigenvalue weighted by Crippen LogP contribution is 2.13. The maximum atomic E-state index is 11.1. The minimum absolute atomic E-state index is 0.302. The number of rotatable bonds is 4. The van der Waals surface area contributed by atoms with Crippen LogP contribution in [0.15, 0.2) is 0 Å². The molecule has 0 bridgehead atoms. The lowest BCUT2D eigenvalue weighted by atomic mass is 9.96. The first kappa shape index (κ1) is 11.1. The first-order valence-electron chi connectivity index (χ1n) is 4.03. The van der Waals surface area contributed by atoms with Crippen LogP contribution in [0.5, 0.6) is 0 Å². The number of carbonyl (C=O) groups is 2. The molecule has 0 rings (SSSR count). The van der Waals surface area contributed by atoms with E-state index in [1.54, 1.807) is 13.8 Å². The zero-order valence-corrected chi connectivity index (χ0v) is 8.09. The van der Waals surface area contributed by atoms with Crippen LogP contribution in [0.3, 0.4) is 0 Å². The molecule has 3 heteroatoms. The molecule has 3 nitrogen and oxygen atoms in total. The summed E-state index contributed by atoms with van der Waals surface area (Å²) in [5.41, 5.74) is -1.01. The lowest BCUT2D eigenvalue weighted by molar-refractivity contribution is -0.156. The molecule has 0 aromatic carbocycles. The van der Waals surface area contributed by atoms with Gasteiger partial charge in [-0.25, -0.2) is 0 Å². The molecule has 0 spiro atoms. The molecule has 0 saturated heterocycles. The Hall–Kier alpha value is -0.860. The van der Waals surface area contributed by atoms with Crippen molar-refractivity contribution in [1.29, 1.82) is 0 Å². The Balaban J connectivity index is 3.96. The van der Waals surface area contributed by atoms with Gasteiger partial charge < -0.3 is 9.53 Å². The fourth-order valence-corrected chi connectivity index (χ4v) is 0.476. The van der Waals surface area contributed by atoms with Crippen molar-refractivity contribution in [3.63, 3.8) is 0 Å². The van der Waals surface area contributed by atoms with Crippen LogP contribution in [0.4, 0.5) is 0 Å². The SMILES string of the molecule is CC(C)COC(=O)C(C)(C)C=O. The van der Waals surface area contributed by atoms with E-state index in [1.165, 1.54) is 0 Å². The third kappa shape index (κ3) is 3.51. The molecule has 0 heterocycles. The number of hydrogen-bond donors (Lipinski definition) is 0. The largest absolute Gasteiger partial charge is 0.465 e. The predicted molar refractivity (Wildman–Crippen MR) is 45.6 cm³/mol. The van der Waals surface area contributed by atoms with Crippen LogP contribution in [0.2, 0.25) is 0 Å². The highest BCUT2D eigenvalue weighted by Gasteiger charge is 2.28. The summed E-state index contributed by atoms with van der Waals surface area (Å²) in [6.07, 6.45) is 0.607. The predicted octanol–water partition coefficient (Wildman–Crippen LogP) is 1.41. The van der Waals surface area contributed by atoms with Crippen molar-refractivity contribution < 1.29 is 14.3 Å². The van der Waals surface area contributed by atoms with Gasteiger partial charge in [0.15, 0.2) is 0 Å². The molecule has 0 N–H and O–H groups in total. The summed E-state index contributed by atoms with van der Waals surface area (Å²) < 4.78 is 4.89. The lowest BCUT2D eigenvalue weighted by Gasteiger charge is -2.16. The second-order valence-corrected chi connectivity index (χ2v) is 3.83. The zero-order chi connectivity index (χ0) is 9.78. The van der Waals surface area contributed by atoms with Crippen LogP contribution < -0.4 is 0 Å². The Morgan fingerprint density at radius 2 is 2.00 bits per heavy atom. The summed E-state index contributed by atoms with van der Waals surface area (Å²) in [5.74, 6) is -0.150. The monoisotopic (exact) mass is 172 g/mol. The quantitative estimate of drug-likeness (QED) is 0.366. The van der Waals surface area contributed by atoms with Gasteiger partial charge in [-0.1, -0.05) is 13.8 Å². The van der Waals surface area contributed by atoms with Gasteiger partial charge in [0.25, 0.3) is 0 Å². The van der Waals surface area contributed by atoms with Crippen molar-refractivity contribution >= 4 is 12.3 Å². The third-order valence-corrected chi connectivity index (χ3v) is 1.37. The number of hydrogen-bond acceptors (Lipinski definition) is 3. The molecular formula is C9H16O3. The smallest absolute Gasteiger partial charge is 0.318 e. The van der Waals surface area contributed by atoms with Crippen molar-refractivity contribution in [3.05, 3.63) is 0 Å². The molecule has 0 saturated carbocycles. The van der Waals surface area contributed by atoms with Crippen molar-refractivity contribution in [3.8, 4) is 0 Å². The van der Waals surface area contributed by atoms with Crippen LogP contribution in [0.25, 0.3) is 0 Å². The van der Waals surface area contributed by atoms with Gasteiger partial charge in [-0.15, -0.1) is 0 Å². The van der Waals surface area contributed by atoms with Gasteiger partial charge in [-0.2, -0.15) is 0 Å². The van der Waals surface area contributed by atoms with Crippen LogP contribution in [-0.2, 0) is 14.3 Å². The van der Waals surface area contributed by atoms with Crippen LogP contribution in [0, 0.1) is 11.3 Å². The van der Waals surface area contributed by atoms with E-state index in [0.717, 1.165) is 0 Å². The molecule has 0 radical (unpaired) electrons. The van der Waals surface area contributed by atoms with E-state index in [1.807, 2.05) is 13.8 Å². The van der Waals surface area contributed by atoms with E-state index in [2.05, 4.69) is 0 Å². The first-order valence-corrected chi connectivity index (χ1v) is 4.03. The average molecular weight is 172 g/mol. The van der Waals surface area contributed by atoms with E-state index in [-0.39, 0.29) is 0 Å². The molecule has 12 heavy (non-hydrogen) atoms. The van der Waals surface area contributed by atoms with Crippen LogP contribution in [0.1, 0.15) is 27.7 Å². The molecule has 0 unspecified atom stereocenters. The number of ether oxygens (including phenoxy) is 1. The minimum Gasteiger partial charge on any atom is -0.465 e. The Bertz CT molecular complexity index is 171. The van der Waals surface area contributed by atoms with Crippen molar-refractivity contribution in [2.75, 3.05) is 6.61 Å². The molecular weight excluding hydrogens is 156 g/mol. The van der Waals surface area contributed by atoms with Gasteiger partial charge in [0.2, 0.25) is 0 Å². The molecule has 0 fully saturated rings. The molecule has 0 aromatic heterocycles. The van der Waals surface area contributed by atoms with E-state index in [9.17, 15) is 9.59 Å². The van der Waals surface area contributed by atoms with Gasteiger partial charge in [-0.3, -0.25) is 4.79 Å². The lowest BCUT2D eigenvalue weighted by Crippen LogP contribution is -2.29. The zero-order valence-electron chi connectivity index (χ0n) is 8.09. The van der Waals surface area contributed by atoms with E-state index in [0.29, 0.717) is 18.8 Å². The van der Waals surface area contributed by atoms with Crippen molar-refractivity contribution in [2.24, 2.45) is 11.3 Å². The van der Waals surface area contributed by atoms with Crippen molar-refractivity contribution in [2.45, 2.75) is 27.7 Å². The van der Waals surface area contributed by atoms with Gasteiger partial charge in [0.05, 0.1) is 6.61 Å². The summed E-state index contributed by atoms with van der Waals surface area (Å²) in [6.45, 7) is 7.35. The Kier molecular flexibility index (Phi) is 3.93. The fraction of sp³-hybridized carbons (Fsp3) is 0.778. The van der Waals surface area contributed by atoms with Gasteiger partial charge in [0, 0.05) is 0 Å². The second kappa shape index (κ2) is 4.24. The summed E-state index contributed by atoms with van der Waals surface area (Å²) in [7, 11) is 0. The molecule has 0 aromatic rings. The Morgan fingerprint density at radius 1 is 1.50 bits per heavy atom. The normalized spacial score (nSPS) is 11.4. The van der Waals surface area contributed by atoms with Crippen LogP contribution in [-0.4, -0.2) is 18.9 Å². The van der Waals surface area contributed by atoms with Gasteiger partial charge >= 0.3 is 5.97 Å². The summed E-state index contributed by atoms with van der Waals surface area (Å²) in [4.78, 5) is 21.6. The van der Waals surface area contributed by atoms with Gasteiger partial charge in [-0.05, 0) is 19.8 Å². The molecule has 0 aliphatic rings. The highest BCUT2D eigenvalue weighted by molar-refractivity contribution is 5.91. The Labute approximate surface area is 73.1 Å². The van der Waals surface area contributed by atoms with Gasteiger partial charge in [0.1, 0.15) is 11.7 Å². The second-order valence-electron chi connectivity index (χ2n) is 3.83. The van der Waals surface area contributed by atoms with E-state index >= 15 is 0 Å². The van der Waals surface area contributed by atoms with E-state index in [4.69, 9.17) is 4.74 Å². The summed E-state index contributed by atoms with van der Waals surface area (Å²) in [5, 5.41) is 0. The van der Waals surface area contributed by atoms with Crippen molar-refractivity contribution in [1.82, 2.24) is 0 Å². The molecule has 0 amide bonds.